The second kappa shape index (κ2) is 6.28. The first-order chi connectivity index (χ1) is 10.2. The highest BCUT2D eigenvalue weighted by atomic mass is 79.9. The number of hydrogen-bond acceptors (Lipinski definition) is 3. The molecule has 1 aromatic carbocycles. The number of carboxylic acids is 1. The number of aliphatic carboxylic acids is 1. The van der Waals surface area contributed by atoms with Crippen molar-refractivity contribution in [3.8, 4) is 0 Å². The van der Waals surface area contributed by atoms with E-state index >= 15 is 0 Å². The Morgan fingerprint density at radius 3 is 2.55 bits per heavy atom. The van der Waals surface area contributed by atoms with Gasteiger partial charge in [-0.15, -0.1) is 0 Å². The molecule has 120 valence electrons. The fourth-order valence-electron chi connectivity index (χ4n) is 2.60. The Kier molecular flexibility index (Phi) is 4.80. The van der Waals surface area contributed by atoms with Crippen molar-refractivity contribution in [1.29, 1.82) is 0 Å². The number of rotatable bonds is 2. The van der Waals surface area contributed by atoms with Crippen molar-refractivity contribution < 1.29 is 19.4 Å². The number of ether oxygens (including phenoxy) is 1. The summed E-state index contributed by atoms with van der Waals surface area (Å²) in [5, 5.41) is 9.46. The Morgan fingerprint density at radius 1 is 1.32 bits per heavy atom. The van der Waals surface area contributed by atoms with Crippen molar-refractivity contribution in [2.75, 3.05) is 13.1 Å². The molecular formula is C16H20BrNO4. The maximum Gasteiger partial charge on any atom is 0.410 e. The number of likely N-dealkylation sites (tertiary alicyclic amines) is 1. The molecule has 0 aromatic heterocycles. The van der Waals surface area contributed by atoms with E-state index in [-0.39, 0.29) is 12.5 Å². The Bertz CT molecular complexity index is 582. The Labute approximate surface area is 138 Å². The summed E-state index contributed by atoms with van der Waals surface area (Å²) in [5.74, 6) is -1.75. The molecule has 0 saturated carbocycles. The summed E-state index contributed by atoms with van der Waals surface area (Å²) < 4.78 is 6.24. The second-order valence-corrected chi connectivity index (χ2v) is 7.41. The third-order valence-electron chi connectivity index (χ3n) is 3.57. The summed E-state index contributed by atoms with van der Waals surface area (Å²) >= 11 is 3.40. The van der Waals surface area contributed by atoms with Crippen LogP contribution in [0, 0.1) is 5.92 Å². The average Bonchev–Trinajstić information content (AvgIpc) is 2.82. The lowest BCUT2D eigenvalue weighted by Gasteiger charge is -2.24. The fraction of sp³-hybridized carbons (Fsp3) is 0.500. The van der Waals surface area contributed by atoms with Gasteiger partial charge >= 0.3 is 12.1 Å². The second-order valence-electron chi connectivity index (χ2n) is 6.49. The number of halogens is 1. The van der Waals surface area contributed by atoms with Crippen LogP contribution in [0.25, 0.3) is 0 Å². The number of hydrogen-bond donors (Lipinski definition) is 1. The van der Waals surface area contributed by atoms with Gasteiger partial charge in [0.2, 0.25) is 0 Å². The Balaban J connectivity index is 2.20. The first kappa shape index (κ1) is 16.8. The van der Waals surface area contributed by atoms with E-state index in [1.165, 1.54) is 4.90 Å². The van der Waals surface area contributed by atoms with E-state index in [1.807, 2.05) is 24.3 Å². The minimum Gasteiger partial charge on any atom is -0.481 e. The molecule has 0 radical (unpaired) electrons. The van der Waals surface area contributed by atoms with Crippen LogP contribution in [0.2, 0.25) is 0 Å². The molecule has 1 fully saturated rings. The molecular weight excluding hydrogens is 350 g/mol. The van der Waals surface area contributed by atoms with E-state index in [4.69, 9.17) is 4.74 Å². The van der Waals surface area contributed by atoms with Gasteiger partial charge in [0.25, 0.3) is 0 Å². The van der Waals surface area contributed by atoms with Crippen LogP contribution in [0.1, 0.15) is 32.3 Å². The molecule has 2 atom stereocenters. The molecule has 1 heterocycles. The minimum atomic E-state index is -0.893. The summed E-state index contributed by atoms with van der Waals surface area (Å²) in [6, 6.07) is 7.55. The van der Waals surface area contributed by atoms with Crippen LogP contribution >= 0.6 is 15.9 Å². The van der Waals surface area contributed by atoms with Gasteiger partial charge in [0.05, 0.1) is 5.92 Å². The van der Waals surface area contributed by atoms with Crippen molar-refractivity contribution in [2.45, 2.75) is 32.3 Å². The third-order valence-corrected chi connectivity index (χ3v) is 4.06. The quantitative estimate of drug-likeness (QED) is 0.866. The van der Waals surface area contributed by atoms with Crippen LogP contribution < -0.4 is 0 Å². The van der Waals surface area contributed by atoms with Crippen LogP contribution in [0.5, 0.6) is 0 Å². The molecule has 1 aliphatic heterocycles. The van der Waals surface area contributed by atoms with Crippen LogP contribution in [-0.4, -0.2) is 40.8 Å². The van der Waals surface area contributed by atoms with Crippen molar-refractivity contribution >= 4 is 28.0 Å². The smallest absolute Gasteiger partial charge is 0.410 e. The van der Waals surface area contributed by atoms with Gasteiger partial charge in [-0.1, -0.05) is 28.1 Å². The number of benzene rings is 1. The molecule has 0 unspecified atom stereocenters. The molecule has 6 heteroatoms. The van der Waals surface area contributed by atoms with Gasteiger partial charge in [-0.05, 0) is 38.5 Å². The van der Waals surface area contributed by atoms with Gasteiger partial charge in [-0.2, -0.15) is 0 Å². The highest BCUT2D eigenvalue weighted by Crippen LogP contribution is 2.34. The summed E-state index contributed by atoms with van der Waals surface area (Å²) in [5.41, 5.74) is 0.316. The normalized spacial score (nSPS) is 21.7. The minimum absolute atomic E-state index is 0.168. The summed E-state index contributed by atoms with van der Waals surface area (Å²) in [4.78, 5) is 25.2. The standard InChI is InChI=1S/C16H20BrNO4/c1-16(2,3)22-15(21)18-8-12(13(9-18)14(19)20)10-5-4-6-11(17)7-10/h4-7,12-13H,8-9H2,1-3H3,(H,19,20)/t12-,13+/m0/s1. The van der Waals surface area contributed by atoms with Crippen molar-refractivity contribution in [1.82, 2.24) is 4.90 Å². The molecule has 1 saturated heterocycles. The highest BCUT2D eigenvalue weighted by molar-refractivity contribution is 9.10. The van der Waals surface area contributed by atoms with E-state index in [0.717, 1.165) is 10.0 Å². The van der Waals surface area contributed by atoms with Crippen LogP contribution in [-0.2, 0) is 9.53 Å². The number of amides is 1. The van der Waals surface area contributed by atoms with Gasteiger partial charge in [0.15, 0.2) is 0 Å². The van der Waals surface area contributed by atoms with Gasteiger partial charge < -0.3 is 14.7 Å². The summed E-state index contributed by atoms with van der Waals surface area (Å²) in [6.07, 6.45) is -0.462. The molecule has 1 amide bonds. The first-order valence-corrected chi connectivity index (χ1v) is 7.93. The fourth-order valence-corrected chi connectivity index (χ4v) is 3.02. The molecule has 1 aromatic rings. The van der Waals surface area contributed by atoms with E-state index in [9.17, 15) is 14.7 Å². The number of carboxylic acid groups (broad SMARTS) is 1. The van der Waals surface area contributed by atoms with Crippen molar-refractivity contribution in [3.63, 3.8) is 0 Å². The van der Waals surface area contributed by atoms with Gasteiger partial charge in [0, 0.05) is 23.5 Å². The van der Waals surface area contributed by atoms with Crippen LogP contribution in [0.3, 0.4) is 0 Å². The average molecular weight is 370 g/mol. The topological polar surface area (TPSA) is 66.8 Å². The summed E-state index contributed by atoms with van der Waals surface area (Å²) in [6.45, 7) is 5.90. The largest absolute Gasteiger partial charge is 0.481 e. The number of nitrogens with zero attached hydrogens (tertiary/aromatic N) is 1. The maximum atomic E-state index is 12.2. The zero-order valence-corrected chi connectivity index (χ0v) is 14.5. The third kappa shape index (κ3) is 4.00. The zero-order chi connectivity index (χ0) is 16.5. The lowest BCUT2D eigenvalue weighted by Crippen LogP contribution is -2.35. The maximum absolute atomic E-state index is 12.2. The van der Waals surface area contributed by atoms with Crippen molar-refractivity contribution in [3.05, 3.63) is 34.3 Å². The SMILES string of the molecule is CC(C)(C)OC(=O)N1C[C@@H](C(=O)O)[C@H](c2cccc(Br)c2)C1. The van der Waals surface area contributed by atoms with Gasteiger partial charge in [-0.3, -0.25) is 4.79 Å². The van der Waals surface area contributed by atoms with E-state index in [2.05, 4.69) is 15.9 Å². The first-order valence-electron chi connectivity index (χ1n) is 7.13. The molecule has 22 heavy (non-hydrogen) atoms. The van der Waals surface area contributed by atoms with E-state index in [1.54, 1.807) is 20.8 Å². The molecule has 0 spiro atoms. The molecule has 5 nitrogen and oxygen atoms in total. The predicted octanol–water partition coefficient (Wildman–Crippen LogP) is 3.48. The Hall–Kier alpha value is -1.56. The van der Waals surface area contributed by atoms with Crippen LogP contribution in [0.15, 0.2) is 28.7 Å². The summed E-state index contributed by atoms with van der Waals surface area (Å²) in [7, 11) is 0. The lowest BCUT2D eigenvalue weighted by molar-refractivity contribution is -0.141. The Morgan fingerprint density at radius 2 is 2.00 bits per heavy atom. The molecule has 0 bridgehead atoms. The molecule has 1 aliphatic rings. The number of carbonyl (C=O) groups excluding carboxylic acids is 1. The molecule has 2 rings (SSSR count). The predicted molar refractivity (Wildman–Crippen MR) is 85.8 cm³/mol. The molecule has 0 aliphatic carbocycles. The molecule has 1 N–H and O–H groups in total. The monoisotopic (exact) mass is 369 g/mol. The zero-order valence-electron chi connectivity index (χ0n) is 12.9. The van der Waals surface area contributed by atoms with Gasteiger partial charge in [0.1, 0.15) is 5.60 Å². The highest BCUT2D eigenvalue weighted by Gasteiger charge is 2.41. The van der Waals surface area contributed by atoms with E-state index < -0.39 is 23.6 Å². The van der Waals surface area contributed by atoms with Crippen LogP contribution in [0.4, 0.5) is 4.79 Å². The lowest BCUT2D eigenvalue weighted by atomic mass is 9.89. The van der Waals surface area contributed by atoms with Crippen molar-refractivity contribution in [2.24, 2.45) is 5.92 Å². The van der Waals surface area contributed by atoms with E-state index in [0.29, 0.717) is 6.54 Å². The van der Waals surface area contributed by atoms with Gasteiger partial charge in [-0.25, -0.2) is 4.79 Å². The number of carbonyl (C=O) groups is 2.